The van der Waals surface area contributed by atoms with Gasteiger partial charge in [0.2, 0.25) is 0 Å². The number of hydrogen-bond donors (Lipinski definition) is 0. The standard InChI is InChI=1S/Ce.3ClH.3Pt/h;3*1H;;;/q+3;;;;;;/p-3. The van der Waals surface area contributed by atoms with Gasteiger partial charge < -0.3 is 0 Å². The van der Waals surface area contributed by atoms with Gasteiger partial charge in [0.1, 0.15) is 0 Å². The van der Waals surface area contributed by atoms with Crippen LogP contribution in [0.15, 0.2) is 0 Å². The van der Waals surface area contributed by atoms with E-state index >= 15 is 0 Å². The number of rotatable bonds is 0. The first kappa shape index (κ1) is 22.5. The molecule has 0 bridgehead atoms. The van der Waals surface area contributed by atoms with Crippen LogP contribution in [0.3, 0.4) is 0 Å². The predicted octanol–water partition coefficient (Wildman–Crippen LogP) is 2.06. The van der Waals surface area contributed by atoms with Gasteiger partial charge in [0.25, 0.3) is 0 Å². The second-order valence-corrected chi connectivity index (χ2v) is 0. The Kier molecular flexibility index (Phi) is 155. The zero-order chi connectivity index (χ0) is 6.00. The van der Waals surface area contributed by atoms with Gasteiger partial charge in [-0.3, -0.25) is 0 Å². The van der Waals surface area contributed by atoms with Gasteiger partial charge in [-0.1, -0.05) is 0 Å². The summed E-state index contributed by atoms with van der Waals surface area (Å²) in [5.41, 5.74) is 0. The van der Waals surface area contributed by atoms with Crippen LogP contribution in [0, 0.1) is 41.7 Å². The first-order valence-electron chi connectivity index (χ1n) is 0.359. The van der Waals surface area contributed by atoms with Crippen molar-refractivity contribution < 1.29 is 98.1 Å². The summed E-state index contributed by atoms with van der Waals surface area (Å²) in [6, 6.07) is 0. The Morgan fingerprint density at radius 1 is 0.571 bits per heavy atom. The first-order chi connectivity index (χ1) is 3.00. The maximum atomic E-state index is 4.61. The van der Waals surface area contributed by atoms with E-state index in [1.54, 1.807) is 56.3 Å². The van der Waals surface area contributed by atoms with E-state index in [0.29, 0.717) is 0 Å². The molecule has 0 saturated heterocycles. The molecule has 0 fully saturated rings. The zero-order valence-electron chi connectivity index (χ0n) is 2.58. The van der Waals surface area contributed by atoms with Crippen molar-refractivity contribution in [2.24, 2.45) is 0 Å². The summed E-state index contributed by atoms with van der Waals surface area (Å²) in [4.78, 5) is 0. The summed E-state index contributed by atoms with van der Waals surface area (Å²) in [5.74, 6) is 0. The predicted molar refractivity (Wildman–Crippen MR) is 17.6 cm³/mol. The number of hydrogen-bond acceptors (Lipinski definition) is 0. The molecular weight excluding hydrogens is 832 g/mol. The second kappa shape index (κ2) is 48.1. The molecule has 0 saturated carbocycles. The van der Waals surface area contributed by atoms with E-state index in [1.165, 1.54) is 0 Å². The van der Waals surface area contributed by atoms with E-state index in [-0.39, 0.29) is 41.7 Å². The van der Waals surface area contributed by atoms with Crippen LogP contribution in [-0.4, -0.2) is 0 Å². The van der Waals surface area contributed by atoms with Gasteiger partial charge in [-0.15, -0.1) is 0 Å². The zero-order valence-corrected chi connectivity index (χ0v) is 14.8. The first-order valence-corrected chi connectivity index (χ1v) is 8.81. The molecule has 0 heterocycles. The van der Waals surface area contributed by atoms with Crippen molar-refractivity contribution in [2.45, 2.75) is 0 Å². The van der Waals surface area contributed by atoms with Gasteiger partial charge in [0.05, 0.1) is 0 Å². The minimum atomic E-state index is 0. The Morgan fingerprint density at radius 3 is 0.571 bits per heavy atom. The number of halogens is 3. The molecule has 0 spiro atoms. The molecule has 0 aromatic rings. The van der Waals surface area contributed by atoms with Crippen LogP contribution < -0.4 is 0 Å². The van der Waals surface area contributed by atoms with E-state index in [4.69, 9.17) is 0 Å². The molecule has 0 aromatic carbocycles. The molecule has 0 atom stereocenters. The normalized spacial score (nSPS) is 3.00. The maximum absolute atomic E-state index is 4.61. The molecule has 0 N–H and O–H groups in total. The van der Waals surface area contributed by atoms with Crippen molar-refractivity contribution in [3.8, 4) is 0 Å². The van der Waals surface area contributed by atoms with Gasteiger partial charge >= 0.3 is 126 Å². The molecule has 0 unspecified atom stereocenters. The van der Waals surface area contributed by atoms with Crippen molar-refractivity contribution in [3.05, 3.63) is 0 Å². The average Bonchev–Trinajstić information content (AvgIpc) is 1.81. The molecule has 0 amide bonds. The average molecular weight is 832 g/mol. The summed E-state index contributed by atoms with van der Waals surface area (Å²) in [6.45, 7) is 0. The summed E-state index contributed by atoms with van der Waals surface area (Å²) in [6.07, 6.45) is 0. The van der Waals surface area contributed by atoms with Gasteiger partial charge in [-0.25, -0.2) is 0 Å². The summed E-state index contributed by atoms with van der Waals surface area (Å²) >= 11 is 4.83. The van der Waals surface area contributed by atoms with E-state index in [2.05, 4.69) is 28.3 Å². The molecule has 7 heavy (non-hydrogen) atoms. The van der Waals surface area contributed by atoms with Crippen molar-refractivity contribution in [1.29, 1.82) is 0 Å². The van der Waals surface area contributed by atoms with Crippen molar-refractivity contribution >= 4 is 28.3 Å². The van der Waals surface area contributed by atoms with Crippen LogP contribution in [0.2, 0.25) is 0 Å². The van der Waals surface area contributed by atoms with Crippen LogP contribution >= 0.6 is 28.3 Å². The fourth-order valence-electron chi connectivity index (χ4n) is 0. The fraction of sp³-hybridized carbons (Fsp3) is 0. The Hall–Kier alpha value is 4.31. The SMILES string of the molecule is [Ce+3].[Cl][Pt-].[Cl][Pt-].[Cl][Pt-]. The summed E-state index contributed by atoms with van der Waals surface area (Å²) in [5, 5.41) is 0. The Bertz CT molecular complexity index is 10.1. The summed E-state index contributed by atoms with van der Waals surface area (Å²) < 4.78 is 0. The second-order valence-electron chi connectivity index (χ2n) is 0. The molecule has 7 heteroatoms. The Morgan fingerprint density at radius 2 is 0.571 bits per heavy atom. The third-order valence-corrected chi connectivity index (χ3v) is 0. The van der Waals surface area contributed by atoms with Gasteiger partial charge in [0, 0.05) is 0 Å². The molecule has 0 aliphatic carbocycles. The fourth-order valence-corrected chi connectivity index (χ4v) is 0. The van der Waals surface area contributed by atoms with Gasteiger partial charge in [-0.05, 0) is 0 Å². The molecule has 55 valence electrons. The van der Waals surface area contributed by atoms with E-state index < -0.39 is 0 Å². The van der Waals surface area contributed by atoms with Crippen molar-refractivity contribution in [2.75, 3.05) is 0 Å². The monoisotopic (exact) mass is 830 g/mol. The summed E-state index contributed by atoms with van der Waals surface area (Å²) in [7, 11) is 13.8. The molecule has 0 nitrogen and oxygen atoms in total. The van der Waals surface area contributed by atoms with Crippen LogP contribution in [0.25, 0.3) is 0 Å². The van der Waals surface area contributed by atoms with E-state index in [1.807, 2.05) is 0 Å². The van der Waals surface area contributed by atoms with Gasteiger partial charge in [-0.2, -0.15) is 0 Å². The van der Waals surface area contributed by atoms with E-state index in [9.17, 15) is 0 Å². The van der Waals surface area contributed by atoms with Gasteiger partial charge in [0.15, 0.2) is 0 Å². The van der Waals surface area contributed by atoms with Crippen LogP contribution in [-0.2, 0) is 56.3 Å². The quantitative estimate of drug-likeness (QED) is 0.352. The third-order valence-electron chi connectivity index (χ3n) is 0. The molecule has 1 radical (unpaired) electrons. The van der Waals surface area contributed by atoms with Crippen LogP contribution in [0.4, 0.5) is 0 Å². The molecule has 0 aromatic heterocycles. The van der Waals surface area contributed by atoms with Crippen LogP contribution in [0.1, 0.15) is 0 Å². The van der Waals surface area contributed by atoms with Crippen LogP contribution in [0.5, 0.6) is 0 Å². The molecule has 0 aliphatic heterocycles. The molecule has 0 aliphatic rings. The Balaban J connectivity index is -0.00000000900. The third kappa shape index (κ3) is 38.3. The Labute approximate surface area is 123 Å². The molecule has 0 rings (SSSR count). The van der Waals surface area contributed by atoms with E-state index in [0.717, 1.165) is 0 Å². The minimum absolute atomic E-state index is 0. The molecular formula is CeCl3Pt3. The van der Waals surface area contributed by atoms with Crippen molar-refractivity contribution in [1.82, 2.24) is 0 Å². The van der Waals surface area contributed by atoms with Crippen molar-refractivity contribution in [3.63, 3.8) is 0 Å². The topological polar surface area (TPSA) is 0 Å².